The number of rotatable bonds is 0. The van der Waals surface area contributed by atoms with Gasteiger partial charge in [0.1, 0.15) is 0 Å². The predicted molar refractivity (Wildman–Crippen MR) is 72.3 cm³/mol. The first-order chi connectivity index (χ1) is 6.68. The van der Waals surface area contributed by atoms with Crippen molar-refractivity contribution in [1.82, 2.24) is 0 Å². The molecule has 0 nitrogen and oxygen atoms in total. The van der Waals surface area contributed by atoms with Gasteiger partial charge in [0, 0.05) is 0 Å². The quantitative estimate of drug-likeness (QED) is 0.510. The molecule has 0 N–H and O–H groups in total. The molecule has 0 aliphatic heterocycles. The molecule has 72 valence electrons. The van der Waals surface area contributed by atoms with Crippen LogP contribution in [0.2, 0.25) is 0 Å². The number of hydrogen-bond donors (Lipinski definition) is 0. The van der Waals surface area contributed by atoms with Gasteiger partial charge in [-0.2, -0.15) is 0 Å². The van der Waals surface area contributed by atoms with Gasteiger partial charge in [0.05, 0.1) is 22.6 Å². The molecule has 0 spiro atoms. The first-order valence-electron chi connectivity index (χ1n) is 4.23. The SMILES string of the molecule is Cc1csc2c1sc1c(C)c(Br)sc12. The maximum Gasteiger partial charge on any atom is 0.0749 e. The van der Waals surface area contributed by atoms with Crippen molar-refractivity contribution in [2.24, 2.45) is 0 Å². The van der Waals surface area contributed by atoms with Gasteiger partial charge in [0.15, 0.2) is 0 Å². The van der Waals surface area contributed by atoms with E-state index >= 15 is 0 Å². The van der Waals surface area contributed by atoms with Gasteiger partial charge in [0.2, 0.25) is 0 Å². The first-order valence-corrected chi connectivity index (χ1v) is 7.54. The van der Waals surface area contributed by atoms with Gasteiger partial charge >= 0.3 is 0 Å². The summed E-state index contributed by atoms with van der Waals surface area (Å²) >= 11 is 9.28. The Balaban J connectivity index is 2.60. The van der Waals surface area contributed by atoms with E-state index in [1.807, 2.05) is 34.0 Å². The van der Waals surface area contributed by atoms with Crippen molar-refractivity contribution in [1.29, 1.82) is 0 Å². The maximum absolute atomic E-state index is 3.61. The highest BCUT2D eigenvalue weighted by Crippen LogP contribution is 2.47. The molecule has 3 heterocycles. The Morgan fingerprint density at radius 2 is 1.79 bits per heavy atom. The fraction of sp³-hybridized carbons (Fsp3) is 0.200. The molecule has 4 heteroatoms. The Morgan fingerprint density at radius 3 is 2.57 bits per heavy atom. The second-order valence-corrected chi connectivity index (χ2v) is 7.58. The summed E-state index contributed by atoms with van der Waals surface area (Å²) in [5.74, 6) is 0. The number of aryl methyl sites for hydroxylation is 2. The second kappa shape index (κ2) is 3.04. The molecule has 3 aromatic rings. The summed E-state index contributed by atoms with van der Waals surface area (Å²) in [6.45, 7) is 4.39. The molecule has 0 radical (unpaired) electrons. The average Bonchev–Trinajstić information content (AvgIpc) is 2.74. The van der Waals surface area contributed by atoms with Crippen LogP contribution < -0.4 is 0 Å². The van der Waals surface area contributed by atoms with E-state index in [1.165, 1.54) is 33.7 Å². The monoisotopic (exact) mass is 302 g/mol. The maximum atomic E-state index is 3.61. The summed E-state index contributed by atoms with van der Waals surface area (Å²) in [4.78, 5) is 0. The van der Waals surface area contributed by atoms with Crippen LogP contribution in [0.3, 0.4) is 0 Å². The van der Waals surface area contributed by atoms with Gasteiger partial charge in [0.25, 0.3) is 0 Å². The predicted octanol–water partition coefficient (Wildman–Crippen LogP) is 5.56. The fourth-order valence-electron chi connectivity index (χ4n) is 1.56. The van der Waals surface area contributed by atoms with Gasteiger partial charge in [-0.05, 0) is 46.3 Å². The summed E-state index contributed by atoms with van der Waals surface area (Å²) in [7, 11) is 0. The molecule has 0 amide bonds. The van der Waals surface area contributed by atoms with Crippen LogP contribution in [0, 0.1) is 13.8 Å². The lowest BCUT2D eigenvalue weighted by Crippen LogP contribution is -1.59. The number of hydrogen-bond acceptors (Lipinski definition) is 3. The summed E-state index contributed by atoms with van der Waals surface area (Å²) in [6.07, 6.45) is 0. The molecule has 3 rings (SSSR count). The molecular weight excluding hydrogens is 296 g/mol. The van der Waals surface area contributed by atoms with E-state index in [9.17, 15) is 0 Å². The fourth-order valence-corrected chi connectivity index (χ4v) is 6.27. The van der Waals surface area contributed by atoms with Crippen molar-refractivity contribution in [3.63, 3.8) is 0 Å². The average molecular weight is 303 g/mol. The van der Waals surface area contributed by atoms with E-state index in [0.717, 1.165) is 0 Å². The lowest BCUT2D eigenvalue weighted by atomic mass is 10.3. The molecule has 3 aromatic heterocycles. The number of fused-ring (bicyclic) bond motifs is 3. The minimum atomic E-state index is 1.28. The molecule has 0 bridgehead atoms. The van der Waals surface area contributed by atoms with Crippen LogP contribution in [0.4, 0.5) is 0 Å². The molecule has 0 saturated carbocycles. The topological polar surface area (TPSA) is 0 Å². The first kappa shape index (κ1) is 9.33. The molecular formula is C10H7BrS3. The highest BCUT2D eigenvalue weighted by atomic mass is 79.9. The molecule has 14 heavy (non-hydrogen) atoms. The summed E-state index contributed by atoms with van der Waals surface area (Å²) in [6, 6.07) is 0. The van der Waals surface area contributed by atoms with Crippen LogP contribution >= 0.6 is 49.9 Å². The van der Waals surface area contributed by atoms with Crippen LogP contribution in [0.25, 0.3) is 18.8 Å². The second-order valence-electron chi connectivity index (χ2n) is 3.34. The molecule has 0 aromatic carbocycles. The van der Waals surface area contributed by atoms with Crippen molar-refractivity contribution in [3.05, 3.63) is 20.3 Å². The molecule has 0 atom stereocenters. The lowest BCUT2D eigenvalue weighted by Gasteiger charge is -1.84. The highest BCUT2D eigenvalue weighted by Gasteiger charge is 2.14. The number of halogens is 1. The van der Waals surface area contributed by atoms with Gasteiger partial charge in [-0.15, -0.1) is 34.0 Å². The molecule has 0 unspecified atom stereocenters. The molecule has 0 fully saturated rings. The standard InChI is InChI=1S/C10H7BrS3/c1-4-3-12-8-6(4)13-7-5(2)10(11)14-9(7)8/h3H,1-2H3. The zero-order chi connectivity index (χ0) is 9.87. The van der Waals surface area contributed by atoms with Crippen molar-refractivity contribution >= 4 is 68.7 Å². The van der Waals surface area contributed by atoms with Crippen LogP contribution in [-0.2, 0) is 0 Å². The summed E-state index contributed by atoms with van der Waals surface area (Å²) in [5, 5.41) is 2.25. The third-order valence-corrected chi connectivity index (χ3v) is 7.49. The van der Waals surface area contributed by atoms with Crippen molar-refractivity contribution in [3.8, 4) is 0 Å². The van der Waals surface area contributed by atoms with Gasteiger partial charge in [-0.25, -0.2) is 0 Å². The Bertz CT molecular complexity index is 626. The molecule has 0 aliphatic carbocycles. The minimum absolute atomic E-state index is 1.28. The molecule has 0 saturated heterocycles. The molecule has 0 aliphatic rings. The van der Waals surface area contributed by atoms with Crippen LogP contribution in [0.5, 0.6) is 0 Å². The highest BCUT2D eigenvalue weighted by molar-refractivity contribution is 9.11. The third-order valence-electron chi connectivity index (χ3n) is 2.36. The van der Waals surface area contributed by atoms with E-state index in [1.54, 1.807) is 0 Å². The Morgan fingerprint density at radius 1 is 1.00 bits per heavy atom. The van der Waals surface area contributed by atoms with E-state index in [0.29, 0.717) is 0 Å². The van der Waals surface area contributed by atoms with Crippen molar-refractivity contribution < 1.29 is 0 Å². The van der Waals surface area contributed by atoms with Gasteiger partial charge < -0.3 is 0 Å². The Hall–Kier alpha value is 0.1000. The zero-order valence-electron chi connectivity index (χ0n) is 7.68. The largest absolute Gasteiger partial charge is 0.141 e. The normalized spacial score (nSPS) is 11.9. The summed E-state index contributed by atoms with van der Waals surface area (Å²) in [5.41, 5.74) is 2.83. The van der Waals surface area contributed by atoms with Crippen LogP contribution in [0.15, 0.2) is 9.17 Å². The van der Waals surface area contributed by atoms with Gasteiger partial charge in [-0.3, -0.25) is 0 Å². The van der Waals surface area contributed by atoms with E-state index in [4.69, 9.17) is 0 Å². The van der Waals surface area contributed by atoms with Crippen molar-refractivity contribution in [2.75, 3.05) is 0 Å². The zero-order valence-corrected chi connectivity index (χ0v) is 11.7. The van der Waals surface area contributed by atoms with E-state index in [-0.39, 0.29) is 0 Å². The third kappa shape index (κ3) is 1.08. The van der Waals surface area contributed by atoms with Crippen LogP contribution in [0.1, 0.15) is 11.1 Å². The van der Waals surface area contributed by atoms with E-state index < -0.39 is 0 Å². The lowest BCUT2D eigenvalue weighted by molar-refractivity contribution is 1.59. The number of thiophene rings is 3. The van der Waals surface area contributed by atoms with E-state index in [2.05, 4.69) is 35.2 Å². The van der Waals surface area contributed by atoms with Crippen molar-refractivity contribution in [2.45, 2.75) is 13.8 Å². The smallest absolute Gasteiger partial charge is 0.0749 e. The Labute approximate surface area is 102 Å². The Kier molecular flexibility index (Phi) is 2.03. The minimum Gasteiger partial charge on any atom is -0.141 e. The van der Waals surface area contributed by atoms with Crippen LogP contribution in [-0.4, -0.2) is 0 Å². The summed E-state index contributed by atoms with van der Waals surface area (Å²) < 4.78 is 7.17. The van der Waals surface area contributed by atoms with Gasteiger partial charge in [-0.1, -0.05) is 0 Å².